The number of hydrogen-bond acceptors (Lipinski definition) is 4. The highest BCUT2D eigenvalue weighted by Gasteiger charge is 2.28. The fourth-order valence-corrected chi connectivity index (χ4v) is 3.16. The van der Waals surface area contributed by atoms with Crippen LogP contribution in [0, 0.1) is 5.92 Å². The Hall–Kier alpha value is -1.95. The lowest BCUT2D eigenvalue weighted by Gasteiger charge is -2.32. The molecule has 6 nitrogen and oxygen atoms in total. The molecule has 0 unspecified atom stereocenters. The number of nitrogens with zero attached hydrogens (tertiary/aromatic N) is 2. The molecule has 1 N–H and O–H groups in total. The normalized spacial score (nSPS) is 22.5. The van der Waals surface area contributed by atoms with E-state index in [-0.39, 0.29) is 28.7 Å². The molecule has 22 heavy (non-hydrogen) atoms. The van der Waals surface area contributed by atoms with Gasteiger partial charge in [-0.05, 0) is 25.5 Å². The number of aromatic amines is 1. The maximum absolute atomic E-state index is 12.6. The first-order chi connectivity index (χ1) is 10.5. The van der Waals surface area contributed by atoms with Gasteiger partial charge in [0.15, 0.2) is 5.78 Å². The van der Waals surface area contributed by atoms with Crippen molar-refractivity contribution in [3.63, 3.8) is 0 Å². The van der Waals surface area contributed by atoms with Crippen LogP contribution in [0.25, 0.3) is 0 Å². The molecule has 1 aliphatic heterocycles. The molecular weight excluding hydrogens is 282 g/mol. The molecule has 2 aliphatic rings. The van der Waals surface area contributed by atoms with Gasteiger partial charge in [0.25, 0.3) is 11.5 Å². The predicted octanol–water partition coefficient (Wildman–Crippen LogP) is 0.528. The third kappa shape index (κ3) is 2.70. The zero-order valence-electron chi connectivity index (χ0n) is 13.0. The Morgan fingerprint density at radius 1 is 1.18 bits per heavy atom. The average Bonchev–Trinajstić information content (AvgIpc) is 2.46. The molecular formula is C16H21N3O3. The number of aromatic nitrogens is 1. The van der Waals surface area contributed by atoms with Crippen LogP contribution < -0.4 is 5.56 Å². The molecule has 3 rings (SSSR count). The van der Waals surface area contributed by atoms with Crippen molar-refractivity contribution in [2.24, 2.45) is 5.92 Å². The Morgan fingerprint density at radius 2 is 1.86 bits per heavy atom. The second-order valence-electron chi connectivity index (χ2n) is 6.44. The lowest BCUT2D eigenvalue weighted by Crippen LogP contribution is -2.48. The van der Waals surface area contributed by atoms with Crippen molar-refractivity contribution in [1.29, 1.82) is 0 Å². The van der Waals surface area contributed by atoms with E-state index in [0.29, 0.717) is 37.2 Å². The molecule has 1 aromatic rings. The molecule has 1 saturated heterocycles. The van der Waals surface area contributed by atoms with E-state index >= 15 is 0 Å². The van der Waals surface area contributed by atoms with E-state index in [1.165, 1.54) is 6.07 Å². The summed E-state index contributed by atoms with van der Waals surface area (Å²) in [6.45, 7) is 4.80. The fraction of sp³-hybridized carbons (Fsp3) is 0.562. The first-order valence-electron chi connectivity index (χ1n) is 7.73. The molecule has 0 radical (unpaired) electrons. The van der Waals surface area contributed by atoms with Crippen LogP contribution in [0.5, 0.6) is 0 Å². The van der Waals surface area contributed by atoms with Crippen molar-refractivity contribution >= 4 is 11.7 Å². The van der Waals surface area contributed by atoms with Crippen molar-refractivity contribution in [2.75, 3.05) is 33.2 Å². The summed E-state index contributed by atoms with van der Waals surface area (Å²) >= 11 is 0. The van der Waals surface area contributed by atoms with E-state index in [1.54, 1.807) is 4.90 Å². The van der Waals surface area contributed by atoms with Crippen LogP contribution in [0.2, 0.25) is 0 Å². The molecule has 2 heterocycles. The molecule has 0 saturated carbocycles. The van der Waals surface area contributed by atoms with Gasteiger partial charge < -0.3 is 14.8 Å². The Morgan fingerprint density at radius 3 is 2.55 bits per heavy atom. The molecule has 1 aliphatic carbocycles. The van der Waals surface area contributed by atoms with Gasteiger partial charge in [-0.3, -0.25) is 14.4 Å². The van der Waals surface area contributed by atoms with Crippen LogP contribution >= 0.6 is 0 Å². The largest absolute Gasteiger partial charge is 0.336 e. The Kier molecular flexibility index (Phi) is 3.87. The average molecular weight is 303 g/mol. The van der Waals surface area contributed by atoms with E-state index in [4.69, 9.17) is 0 Å². The van der Waals surface area contributed by atoms with Gasteiger partial charge in [0.2, 0.25) is 0 Å². The molecule has 118 valence electrons. The number of fused-ring (bicyclic) bond motifs is 1. The smallest absolute Gasteiger partial charge is 0.261 e. The van der Waals surface area contributed by atoms with Gasteiger partial charge in [-0.1, -0.05) is 6.92 Å². The van der Waals surface area contributed by atoms with Crippen LogP contribution in [0.15, 0.2) is 10.9 Å². The third-order valence-corrected chi connectivity index (χ3v) is 4.53. The van der Waals surface area contributed by atoms with Gasteiger partial charge in [-0.2, -0.15) is 0 Å². The van der Waals surface area contributed by atoms with Crippen molar-refractivity contribution < 1.29 is 9.59 Å². The van der Waals surface area contributed by atoms with Crippen LogP contribution in [0.4, 0.5) is 0 Å². The van der Waals surface area contributed by atoms with Crippen molar-refractivity contribution in [2.45, 2.75) is 19.8 Å². The van der Waals surface area contributed by atoms with Crippen molar-refractivity contribution in [3.05, 3.63) is 33.2 Å². The number of piperazine rings is 1. The van der Waals surface area contributed by atoms with Gasteiger partial charge >= 0.3 is 0 Å². The highest BCUT2D eigenvalue weighted by molar-refractivity contribution is 6.01. The first-order valence-corrected chi connectivity index (χ1v) is 7.73. The minimum Gasteiger partial charge on any atom is -0.336 e. The molecule has 1 atom stereocenters. The summed E-state index contributed by atoms with van der Waals surface area (Å²) in [5.74, 6) is -0.0316. The van der Waals surface area contributed by atoms with E-state index in [2.05, 4.69) is 9.88 Å². The second kappa shape index (κ2) is 5.68. The number of carbonyl (C=O) groups is 2. The monoisotopic (exact) mass is 303 g/mol. The Labute approximate surface area is 129 Å². The van der Waals surface area contributed by atoms with E-state index < -0.39 is 0 Å². The number of H-pyrrole nitrogens is 1. The maximum atomic E-state index is 12.6. The zero-order chi connectivity index (χ0) is 15.9. The third-order valence-electron chi connectivity index (χ3n) is 4.53. The van der Waals surface area contributed by atoms with E-state index in [0.717, 1.165) is 13.1 Å². The number of amides is 1. The van der Waals surface area contributed by atoms with Crippen LogP contribution in [0.3, 0.4) is 0 Å². The molecule has 6 heteroatoms. The Balaban J connectivity index is 1.91. The highest BCUT2D eigenvalue weighted by Crippen LogP contribution is 2.23. The van der Waals surface area contributed by atoms with Gasteiger partial charge in [0.05, 0.1) is 0 Å². The van der Waals surface area contributed by atoms with Crippen molar-refractivity contribution in [3.8, 4) is 0 Å². The minimum absolute atomic E-state index is 0.0115. The summed E-state index contributed by atoms with van der Waals surface area (Å²) in [4.78, 5) is 43.5. The zero-order valence-corrected chi connectivity index (χ0v) is 13.0. The lowest BCUT2D eigenvalue weighted by atomic mass is 9.86. The molecule has 1 fully saturated rings. The van der Waals surface area contributed by atoms with E-state index in [9.17, 15) is 14.4 Å². The van der Waals surface area contributed by atoms with Crippen LogP contribution in [-0.2, 0) is 6.42 Å². The molecule has 0 aromatic carbocycles. The number of hydrogen-bond donors (Lipinski definition) is 1. The fourth-order valence-electron chi connectivity index (χ4n) is 3.16. The summed E-state index contributed by atoms with van der Waals surface area (Å²) in [5.41, 5.74) is 0.884. The maximum Gasteiger partial charge on any atom is 0.261 e. The first kappa shape index (κ1) is 15.0. The van der Waals surface area contributed by atoms with Crippen LogP contribution in [-0.4, -0.2) is 59.7 Å². The van der Waals surface area contributed by atoms with Gasteiger partial charge in [0, 0.05) is 43.9 Å². The van der Waals surface area contributed by atoms with Crippen LogP contribution in [0.1, 0.15) is 39.8 Å². The molecule has 0 spiro atoms. The SMILES string of the molecule is C[C@H]1CC(=O)c2cc(C(=O)N3CCN(C)CC3)c(=O)[nH]c2C1. The predicted molar refractivity (Wildman–Crippen MR) is 82.3 cm³/mol. The number of rotatable bonds is 1. The standard InChI is InChI=1S/C16H21N3O3/c1-10-7-13-11(14(20)8-10)9-12(15(21)17-13)16(22)19-5-3-18(2)4-6-19/h9-10H,3-8H2,1-2H3,(H,17,21)/t10-/m1/s1. The topological polar surface area (TPSA) is 73.5 Å². The Bertz CT molecular complexity index is 672. The summed E-state index contributed by atoms with van der Waals surface area (Å²) < 4.78 is 0. The number of nitrogens with one attached hydrogen (secondary N) is 1. The van der Waals surface area contributed by atoms with Crippen molar-refractivity contribution in [1.82, 2.24) is 14.8 Å². The van der Waals surface area contributed by atoms with Gasteiger partial charge in [0.1, 0.15) is 5.56 Å². The number of pyridine rings is 1. The lowest BCUT2D eigenvalue weighted by molar-refractivity contribution is 0.0662. The number of likely N-dealkylation sites (N-methyl/N-ethyl adjacent to an activating group) is 1. The van der Waals surface area contributed by atoms with Gasteiger partial charge in [-0.25, -0.2) is 0 Å². The molecule has 0 bridgehead atoms. The molecule has 1 aromatic heterocycles. The number of ketones is 1. The van der Waals surface area contributed by atoms with Gasteiger partial charge in [-0.15, -0.1) is 0 Å². The summed E-state index contributed by atoms with van der Waals surface area (Å²) in [7, 11) is 2.01. The van der Waals surface area contributed by atoms with E-state index in [1.807, 2.05) is 14.0 Å². The second-order valence-corrected chi connectivity index (χ2v) is 6.44. The highest BCUT2D eigenvalue weighted by atomic mass is 16.2. The summed E-state index contributed by atoms with van der Waals surface area (Å²) in [5, 5.41) is 0. The quantitative estimate of drug-likeness (QED) is 0.821. The number of Topliss-reactive ketones (excluding diaryl/α,β-unsaturated/α-hetero) is 1. The summed E-state index contributed by atoms with van der Waals surface area (Å²) in [6.07, 6.45) is 1.15. The summed E-state index contributed by atoms with van der Waals surface area (Å²) in [6, 6.07) is 1.50. The minimum atomic E-state index is -0.385. The number of carbonyl (C=O) groups excluding carboxylic acids is 2. The molecule has 1 amide bonds.